The summed E-state index contributed by atoms with van der Waals surface area (Å²) >= 11 is 3.32. The van der Waals surface area contributed by atoms with E-state index in [0.717, 1.165) is 4.47 Å². The number of benzene rings is 2. The lowest BCUT2D eigenvalue weighted by Crippen LogP contribution is -2.26. The molecule has 0 aliphatic heterocycles. The van der Waals surface area contributed by atoms with E-state index in [1.807, 2.05) is 0 Å². The highest BCUT2D eigenvalue weighted by atomic mass is 79.9. The highest BCUT2D eigenvalue weighted by Gasteiger charge is 2.13. The number of hydrogen-bond donors (Lipinski definition) is 1. The molecule has 0 aliphatic carbocycles. The molecule has 2 aromatic carbocycles. The van der Waals surface area contributed by atoms with Gasteiger partial charge in [-0.05, 0) is 48.9 Å². The van der Waals surface area contributed by atoms with Crippen molar-refractivity contribution in [2.24, 2.45) is 0 Å². The van der Waals surface area contributed by atoms with E-state index in [4.69, 9.17) is 4.74 Å². The number of methoxy groups -OCH3 is 1. The van der Waals surface area contributed by atoms with E-state index >= 15 is 0 Å². The molecule has 3 nitrogen and oxygen atoms in total. The van der Waals surface area contributed by atoms with Gasteiger partial charge in [0.15, 0.2) is 11.6 Å². The number of amides is 1. The van der Waals surface area contributed by atoms with E-state index < -0.39 is 5.82 Å². The summed E-state index contributed by atoms with van der Waals surface area (Å²) in [5, 5.41) is 2.83. The summed E-state index contributed by atoms with van der Waals surface area (Å²) in [6.07, 6.45) is 0. The van der Waals surface area contributed by atoms with E-state index in [1.54, 1.807) is 43.3 Å². The zero-order valence-electron chi connectivity index (χ0n) is 11.7. The van der Waals surface area contributed by atoms with Crippen LogP contribution in [0.2, 0.25) is 0 Å². The number of carbonyl (C=O) groups excluding carboxylic acids is 1. The number of halogens is 2. The van der Waals surface area contributed by atoms with Crippen molar-refractivity contribution in [3.05, 3.63) is 63.9 Å². The summed E-state index contributed by atoms with van der Waals surface area (Å²) in [5.41, 5.74) is 1.23. The normalized spacial score (nSPS) is 11.8. The van der Waals surface area contributed by atoms with Gasteiger partial charge in [0.1, 0.15) is 0 Å². The van der Waals surface area contributed by atoms with E-state index in [-0.39, 0.29) is 17.7 Å². The molecule has 0 saturated carbocycles. The van der Waals surface area contributed by atoms with Crippen LogP contribution >= 0.6 is 15.9 Å². The molecule has 0 saturated heterocycles. The monoisotopic (exact) mass is 351 g/mol. The van der Waals surface area contributed by atoms with Gasteiger partial charge in [-0.3, -0.25) is 4.79 Å². The van der Waals surface area contributed by atoms with Gasteiger partial charge in [0, 0.05) is 10.0 Å². The van der Waals surface area contributed by atoms with Gasteiger partial charge in [0.05, 0.1) is 13.2 Å². The van der Waals surface area contributed by atoms with Crippen molar-refractivity contribution in [1.29, 1.82) is 0 Å². The highest BCUT2D eigenvalue weighted by molar-refractivity contribution is 9.10. The van der Waals surface area contributed by atoms with Gasteiger partial charge in [-0.2, -0.15) is 0 Å². The summed E-state index contributed by atoms with van der Waals surface area (Å²) in [4.78, 5) is 12.1. The molecule has 0 radical (unpaired) electrons. The van der Waals surface area contributed by atoms with Crippen molar-refractivity contribution in [1.82, 2.24) is 5.32 Å². The van der Waals surface area contributed by atoms with Crippen LogP contribution in [-0.2, 0) is 0 Å². The van der Waals surface area contributed by atoms with Crippen LogP contribution in [-0.4, -0.2) is 13.0 Å². The molecule has 1 N–H and O–H groups in total. The first-order valence-corrected chi connectivity index (χ1v) is 7.20. The van der Waals surface area contributed by atoms with Gasteiger partial charge in [-0.25, -0.2) is 4.39 Å². The molecular formula is C16H15BrFNO2. The summed E-state index contributed by atoms with van der Waals surface area (Å²) in [7, 11) is 1.41. The fraction of sp³-hybridized carbons (Fsp3) is 0.188. The Morgan fingerprint density at radius 2 is 1.90 bits per heavy atom. The molecule has 0 heterocycles. The average molecular weight is 352 g/mol. The smallest absolute Gasteiger partial charge is 0.251 e. The van der Waals surface area contributed by atoms with Crippen LogP contribution in [0.15, 0.2) is 46.9 Å². The van der Waals surface area contributed by atoms with Crippen molar-refractivity contribution in [3.8, 4) is 5.75 Å². The van der Waals surface area contributed by atoms with Crippen molar-refractivity contribution >= 4 is 21.8 Å². The zero-order chi connectivity index (χ0) is 15.4. The molecular weight excluding hydrogens is 337 g/mol. The topological polar surface area (TPSA) is 38.3 Å². The third kappa shape index (κ3) is 3.82. The first-order chi connectivity index (χ1) is 10.0. The number of carbonyl (C=O) groups is 1. The second kappa shape index (κ2) is 6.72. The van der Waals surface area contributed by atoms with Gasteiger partial charge < -0.3 is 10.1 Å². The van der Waals surface area contributed by atoms with Crippen LogP contribution in [0.5, 0.6) is 5.75 Å². The minimum Gasteiger partial charge on any atom is -0.494 e. The zero-order valence-corrected chi connectivity index (χ0v) is 13.3. The Balaban J connectivity index is 2.10. The first-order valence-electron chi connectivity index (χ1n) is 6.41. The molecule has 0 bridgehead atoms. The second-order valence-electron chi connectivity index (χ2n) is 4.60. The predicted octanol–water partition coefficient (Wildman–Crippen LogP) is 4.09. The van der Waals surface area contributed by atoms with Crippen LogP contribution in [0.1, 0.15) is 28.9 Å². The lowest BCUT2D eigenvalue weighted by Gasteiger charge is -2.15. The molecule has 2 aromatic rings. The summed E-state index contributed by atoms with van der Waals surface area (Å²) in [6.45, 7) is 1.80. The molecule has 1 amide bonds. The van der Waals surface area contributed by atoms with E-state index in [1.165, 1.54) is 13.2 Å². The van der Waals surface area contributed by atoms with Gasteiger partial charge in [0.2, 0.25) is 0 Å². The Kier molecular flexibility index (Phi) is 4.96. The Hall–Kier alpha value is -1.88. The maximum Gasteiger partial charge on any atom is 0.251 e. The molecule has 5 heteroatoms. The van der Waals surface area contributed by atoms with E-state index in [0.29, 0.717) is 11.1 Å². The van der Waals surface area contributed by atoms with E-state index in [2.05, 4.69) is 21.2 Å². The molecule has 0 spiro atoms. The van der Waals surface area contributed by atoms with Crippen LogP contribution in [0, 0.1) is 5.82 Å². The fourth-order valence-corrected chi connectivity index (χ4v) is 2.18. The second-order valence-corrected chi connectivity index (χ2v) is 5.51. The summed E-state index contributed by atoms with van der Waals surface area (Å²) < 4.78 is 19.5. The average Bonchev–Trinajstić information content (AvgIpc) is 2.47. The molecule has 0 aromatic heterocycles. The molecule has 21 heavy (non-hydrogen) atoms. The number of hydrogen-bond acceptors (Lipinski definition) is 2. The highest BCUT2D eigenvalue weighted by Crippen LogP contribution is 2.22. The quantitative estimate of drug-likeness (QED) is 0.900. The first kappa shape index (κ1) is 15.5. The Morgan fingerprint density at radius 3 is 2.48 bits per heavy atom. The SMILES string of the molecule is COc1ccc(C(C)NC(=O)c2ccc(Br)cc2)cc1F. The lowest BCUT2D eigenvalue weighted by atomic mass is 10.1. The maximum atomic E-state index is 13.7. The van der Waals surface area contributed by atoms with Crippen molar-refractivity contribution < 1.29 is 13.9 Å². The molecule has 0 fully saturated rings. The summed E-state index contributed by atoms with van der Waals surface area (Å²) in [6, 6.07) is 11.4. The number of ether oxygens (including phenoxy) is 1. The fourth-order valence-electron chi connectivity index (χ4n) is 1.92. The standard InChI is InChI=1S/C16H15BrFNO2/c1-10(12-5-8-15(21-2)14(18)9-12)19-16(20)11-3-6-13(17)7-4-11/h3-10H,1-2H3,(H,19,20). The van der Waals surface area contributed by atoms with Crippen molar-refractivity contribution in [2.75, 3.05) is 7.11 Å². The molecule has 0 aliphatic rings. The maximum absolute atomic E-state index is 13.7. The van der Waals surface area contributed by atoms with Crippen LogP contribution in [0.3, 0.4) is 0 Å². The molecule has 1 unspecified atom stereocenters. The van der Waals surface area contributed by atoms with Gasteiger partial charge in [0.25, 0.3) is 5.91 Å². The molecule has 1 atom stereocenters. The van der Waals surface area contributed by atoms with Gasteiger partial charge >= 0.3 is 0 Å². The van der Waals surface area contributed by atoms with Crippen LogP contribution < -0.4 is 10.1 Å². The minimum absolute atomic E-state index is 0.185. The summed E-state index contributed by atoms with van der Waals surface area (Å²) in [5.74, 6) is -0.462. The molecule has 110 valence electrons. The molecule has 2 rings (SSSR count). The van der Waals surface area contributed by atoms with Crippen LogP contribution in [0.25, 0.3) is 0 Å². The lowest BCUT2D eigenvalue weighted by molar-refractivity contribution is 0.0940. The number of nitrogens with one attached hydrogen (secondary N) is 1. The van der Waals surface area contributed by atoms with Crippen LogP contribution in [0.4, 0.5) is 4.39 Å². The van der Waals surface area contributed by atoms with Crippen molar-refractivity contribution in [3.63, 3.8) is 0 Å². The Labute approximate surface area is 131 Å². The Morgan fingerprint density at radius 1 is 1.24 bits per heavy atom. The largest absolute Gasteiger partial charge is 0.494 e. The van der Waals surface area contributed by atoms with Crippen molar-refractivity contribution in [2.45, 2.75) is 13.0 Å². The Bertz CT molecular complexity index is 643. The third-order valence-electron chi connectivity index (χ3n) is 3.13. The minimum atomic E-state index is -0.445. The van der Waals surface area contributed by atoms with Gasteiger partial charge in [-0.15, -0.1) is 0 Å². The van der Waals surface area contributed by atoms with E-state index in [9.17, 15) is 9.18 Å². The number of rotatable bonds is 4. The predicted molar refractivity (Wildman–Crippen MR) is 83.0 cm³/mol. The third-order valence-corrected chi connectivity index (χ3v) is 3.66. The van der Waals surface area contributed by atoms with Gasteiger partial charge in [-0.1, -0.05) is 22.0 Å².